The van der Waals surface area contributed by atoms with Crippen LogP contribution in [0.5, 0.6) is 0 Å². The van der Waals surface area contributed by atoms with Crippen LogP contribution in [-0.2, 0) is 26.3 Å². The quantitative estimate of drug-likeness (QED) is 0.413. The summed E-state index contributed by atoms with van der Waals surface area (Å²) in [6.07, 6.45) is -11.6. The SMILES string of the molecule is C=S(=O)(CC1CC1(F)F)c1ccc(CC(=O)Nc2ccc(C(O)(C(F)(F)F)C(F)(F)F)cc2)cn1. The van der Waals surface area contributed by atoms with E-state index in [1.54, 1.807) is 0 Å². The molecule has 1 amide bonds. The highest BCUT2D eigenvalue weighted by Gasteiger charge is 2.71. The van der Waals surface area contributed by atoms with E-state index < -0.39 is 50.8 Å². The van der Waals surface area contributed by atoms with Crippen molar-refractivity contribution in [3.63, 3.8) is 0 Å². The molecule has 0 spiro atoms. The third-order valence-electron chi connectivity index (χ3n) is 5.38. The fraction of sp³-hybridized carbons (Fsp3) is 0.381. The van der Waals surface area contributed by atoms with Crippen LogP contribution in [0, 0.1) is 5.92 Å². The molecule has 0 bridgehead atoms. The lowest BCUT2D eigenvalue weighted by molar-refractivity contribution is -0.376. The van der Waals surface area contributed by atoms with Gasteiger partial charge < -0.3 is 10.4 Å². The molecule has 5 nitrogen and oxygen atoms in total. The number of nitrogens with one attached hydrogen (secondary N) is 1. The molecular formula is C21H18F8N2O3S. The van der Waals surface area contributed by atoms with Crippen molar-refractivity contribution in [2.24, 2.45) is 5.92 Å². The second kappa shape index (κ2) is 8.73. The number of amides is 1. The minimum absolute atomic E-state index is 0.0123. The second-order valence-corrected chi connectivity index (χ2v) is 10.5. The first-order valence-corrected chi connectivity index (χ1v) is 11.7. The Balaban J connectivity index is 1.65. The molecule has 3 rings (SSSR count). The van der Waals surface area contributed by atoms with E-state index in [0.29, 0.717) is 17.7 Å². The maximum absolute atomic E-state index is 13.1. The molecule has 1 aliphatic rings. The van der Waals surface area contributed by atoms with E-state index in [1.165, 1.54) is 18.3 Å². The number of hydrogen-bond donors (Lipinski definition) is 2. The summed E-state index contributed by atoms with van der Waals surface area (Å²) >= 11 is 0. The predicted octanol–water partition coefficient (Wildman–Crippen LogP) is 4.31. The zero-order chi connectivity index (χ0) is 26.4. The van der Waals surface area contributed by atoms with Crippen LogP contribution in [0.25, 0.3) is 0 Å². The number of rotatable bonds is 7. The van der Waals surface area contributed by atoms with Gasteiger partial charge in [0.05, 0.1) is 6.42 Å². The molecule has 1 heterocycles. The number of hydrogen-bond acceptors (Lipinski definition) is 4. The Bertz CT molecular complexity index is 1180. The summed E-state index contributed by atoms with van der Waals surface area (Å²) in [5, 5.41) is 11.6. The van der Waals surface area contributed by atoms with Gasteiger partial charge in [0.15, 0.2) is 0 Å². The van der Waals surface area contributed by atoms with Crippen molar-refractivity contribution < 1.29 is 49.2 Å². The molecule has 0 aliphatic heterocycles. The lowest BCUT2D eigenvalue weighted by Crippen LogP contribution is -2.53. The van der Waals surface area contributed by atoms with Crippen molar-refractivity contribution in [2.75, 3.05) is 11.1 Å². The minimum Gasteiger partial charge on any atom is -0.369 e. The third kappa shape index (κ3) is 5.58. The Morgan fingerprint density at radius 2 is 1.63 bits per heavy atom. The van der Waals surface area contributed by atoms with Gasteiger partial charge in [-0.1, -0.05) is 18.2 Å². The summed E-state index contributed by atoms with van der Waals surface area (Å²) in [6.45, 7) is 0. The molecule has 1 aromatic heterocycles. The van der Waals surface area contributed by atoms with E-state index in [4.69, 9.17) is 0 Å². The van der Waals surface area contributed by atoms with Gasteiger partial charge in [0, 0.05) is 45.1 Å². The third-order valence-corrected chi connectivity index (χ3v) is 7.32. The predicted molar refractivity (Wildman–Crippen MR) is 110 cm³/mol. The Hall–Kier alpha value is -2.74. The Morgan fingerprint density at radius 3 is 2.06 bits per heavy atom. The van der Waals surface area contributed by atoms with Crippen molar-refractivity contribution in [3.8, 4) is 0 Å². The number of carbonyl (C=O) groups excluding carboxylic acids is 1. The highest BCUT2D eigenvalue weighted by Crippen LogP contribution is 2.50. The first-order chi connectivity index (χ1) is 15.9. The minimum atomic E-state index is -6.04. The summed E-state index contributed by atoms with van der Waals surface area (Å²) in [5.41, 5.74) is -6.39. The van der Waals surface area contributed by atoms with Gasteiger partial charge in [-0.15, -0.1) is 0 Å². The van der Waals surface area contributed by atoms with Crippen molar-refractivity contribution in [1.82, 2.24) is 4.98 Å². The molecule has 14 heteroatoms. The Labute approximate surface area is 194 Å². The fourth-order valence-electron chi connectivity index (χ4n) is 3.27. The zero-order valence-corrected chi connectivity index (χ0v) is 18.4. The van der Waals surface area contributed by atoms with Crippen LogP contribution in [0.2, 0.25) is 0 Å². The molecule has 2 N–H and O–H groups in total. The smallest absolute Gasteiger partial charge is 0.369 e. The summed E-state index contributed by atoms with van der Waals surface area (Å²) in [7, 11) is -3.07. The summed E-state index contributed by atoms with van der Waals surface area (Å²) < 4.78 is 116. The standard InChI is InChI=1S/C21H18F8N2O3S/c1-35(34,11-14-9-18(14,22)23)17-7-2-12(10-30-17)8-16(32)31-15-5-3-13(4-6-15)19(33,20(24,25)26)21(27,28)29/h2-7,10,14,33H,1,8-9,11H2,(H,31,32). The molecule has 192 valence electrons. The number of nitrogens with zero attached hydrogens (tertiary/aromatic N) is 1. The van der Waals surface area contributed by atoms with Crippen LogP contribution in [0.15, 0.2) is 47.6 Å². The summed E-state index contributed by atoms with van der Waals surface area (Å²) in [6, 6.07) is 4.96. The lowest BCUT2D eigenvalue weighted by atomic mass is 9.92. The van der Waals surface area contributed by atoms with Gasteiger partial charge in [-0.25, -0.2) is 13.8 Å². The molecule has 1 saturated carbocycles. The van der Waals surface area contributed by atoms with Crippen LogP contribution < -0.4 is 5.32 Å². The number of carbonyl (C=O) groups is 1. The number of pyridine rings is 1. The lowest BCUT2D eigenvalue weighted by Gasteiger charge is -2.32. The average molecular weight is 530 g/mol. The number of alkyl halides is 8. The highest BCUT2D eigenvalue weighted by atomic mass is 32.2. The van der Waals surface area contributed by atoms with Gasteiger partial charge in [0.2, 0.25) is 5.91 Å². The first kappa shape index (κ1) is 26.9. The van der Waals surface area contributed by atoms with Crippen LogP contribution in [-0.4, -0.2) is 50.1 Å². The molecule has 2 aromatic rings. The normalized spacial score (nSPS) is 19.6. The van der Waals surface area contributed by atoms with Crippen molar-refractivity contribution >= 4 is 27.0 Å². The van der Waals surface area contributed by atoms with Crippen LogP contribution in [0.4, 0.5) is 40.8 Å². The molecule has 0 saturated heterocycles. The monoisotopic (exact) mass is 530 g/mol. The number of aliphatic hydroxyl groups is 1. The number of halogens is 8. The molecular weight excluding hydrogens is 512 g/mol. The van der Waals surface area contributed by atoms with Crippen LogP contribution in [0.1, 0.15) is 17.5 Å². The molecule has 35 heavy (non-hydrogen) atoms. The van der Waals surface area contributed by atoms with Crippen molar-refractivity contribution in [3.05, 3.63) is 53.7 Å². The van der Waals surface area contributed by atoms with Gasteiger partial charge in [-0.2, -0.15) is 26.3 Å². The Kier molecular flexibility index (Phi) is 6.70. The van der Waals surface area contributed by atoms with Gasteiger partial charge in [-0.05, 0) is 29.6 Å². The summed E-state index contributed by atoms with van der Waals surface area (Å²) in [4.78, 5) is 16.1. The maximum Gasteiger partial charge on any atom is 0.430 e. The number of anilines is 1. The van der Waals surface area contributed by atoms with Crippen LogP contribution in [0.3, 0.4) is 0 Å². The molecule has 1 aliphatic carbocycles. The van der Waals surface area contributed by atoms with Gasteiger partial charge in [-0.3, -0.25) is 9.00 Å². The Morgan fingerprint density at radius 1 is 1.09 bits per heavy atom. The van der Waals surface area contributed by atoms with E-state index in [2.05, 4.69) is 16.2 Å². The molecule has 0 radical (unpaired) electrons. The number of aromatic nitrogens is 1. The molecule has 1 fully saturated rings. The summed E-state index contributed by atoms with van der Waals surface area (Å²) in [5.74, 6) is -1.46. The zero-order valence-electron chi connectivity index (χ0n) is 17.6. The fourth-order valence-corrected chi connectivity index (χ4v) is 5.01. The van der Waals surface area contributed by atoms with E-state index in [9.17, 15) is 49.2 Å². The van der Waals surface area contributed by atoms with E-state index in [-0.39, 0.29) is 29.3 Å². The van der Waals surface area contributed by atoms with Crippen molar-refractivity contribution in [1.29, 1.82) is 0 Å². The maximum atomic E-state index is 13.1. The van der Waals surface area contributed by atoms with Crippen molar-refractivity contribution in [2.45, 2.75) is 41.7 Å². The van der Waals surface area contributed by atoms with Crippen LogP contribution >= 0.6 is 0 Å². The average Bonchev–Trinajstić information content (AvgIpc) is 3.31. The van der Waals surface area contributed by atoms with E-state index in [1.807, 2.05) is 0 Å². The largest absolute Gasteiger partial charge is 0.430 e. The van der Waals surface area contributed by atoms with Gasteiger partial charge in [0.25, 0.3) is 11.5 Å². The molecule has 2 unspecified atom stereocenters. The topological polar surface area (TPSA) is 79.3 Å². The van der Waals surface area contributed by atoms with E-state index >= 15 is 0 Å². The molecule has 1 aromatic carbocycles. The molecule has 2 atom stereocenters. The highest BCUT2D eigenvalue weighted by molar-refractivity contribution is 8.00. The van der Waals surface area contributed by atoms with Gasteiger partial charge in [0.1, 0.15) is 5.03 Å². The number of benzene rings is 1. The second-order valence-electron chi connectivity index (χ2n) is 8.15. The van der Waals surface area contributed by atoms with E-state index in [0.717, 1.165) is 12.1 Å². The van der Waals surface area contributed by atoms with Gasteiger partial charge >= 0.3 is 12.4 Å². The first-order valence-electron chi connectivity index (χ1n) is 9.81.